The number of carboxylic acids is 1. The highest BCUT2D eigenvalue weighted by molar-refractivity contribution is 7.80. The summed E-state index contributed by atoms with van der Waals surface area (Å²) in [5, 5.41) is 17.9. The average Bonchev–Trinajstić information content (AvgIpc) is 3.05. The standard InChI is InChI=1S/C15H19N3O4S/c19-14(20)10-22-13-6-2-1-4-11(13)8-17-18-15(23)16-9-12-5-3-7-21-12/h1-2,4,6,8,12H,3,5,7,9-10H2,(H,19,20)(H2,16,18,23)/p-1/b17-8-/t12-/m1/s1. The van der Waals surface area contributed by atoms with Crippen molar-refractivity contribution in [2.45, 2.75) is 18.9 Å². The summed E-state index contributed by atoms with van der Waals surface area (Å²) < 4.78 is 10.6. The van der Waals surface area contributed by atoms with E-state index in [1.54, 1.807) is 24.3 Å². The van der Waals surface area contributed by atoms with E-state index >= 15 is 0 Å². The van der Waals surface area contributed by atoms with Crippen LogP contribution in [0.5, 0.6) is 5.75 Å². The van der Waals surface area contributed by atoms with Gasteiger partial charge in [-0.25, -0.2) is 0 Å². The summed E-state index contributed by atoms with van der Waals surface area (Å²) in [6.07, 6.45) is 3.80. The van der Waals surface area contributed by atoms with Gasteiger partial charge in [-0.15, -0.1) is 0 Å². The Balaban J connectivity index is 1.80. The molecule has 2 rings (SSSR count). The smallest absolute Gasteiger partial charge is 0.187 e. The van der Waals surface area contributed by atoms with E-state index in [9.17, 15) is 9.90 Å². The molecule has 1 aliphatic heterocycles. The SMILES string of the molecule is O=C([O-])COc1ccccc1/C=N\NC(=S)NC[C@H]1CCCO1. The first-order valence-electron chi connectivity index (χ1n) is 7.25. The van der Waals surface area contributed by atoms with Crippen LogP contribution in [0.3, 0.4) is 0 Å². The summed E-state index contributed by atoms with van der Waals surface area (Å²) in [7, 11) is 0. The maximum atomic E-state index is 10.5. The molecule has 0 bridgehead atoms. The van der Waals surface area contributed by atoms with Crippen LogP contribution in [0.2, 0.25) is 0 Å². The zero-order chi connectivity index (χ0) is 16.5. The van der Waals surface area contributed by atoms with Crippen molar-refractivity contribution >= 4 is 29.5 Å². The predicted molar refractivity (Wildman–Crippen MR) is 87.2 cm³/mol. The van der Waals surface area contributed by atoms with Crippen molar-refractivity contribution in [2.24, 2.45) is 5.10 Å². The van der Waals surface area contributed by atoms with Gasteiger partial charge >= 0.3 is 0 Å². The van der Waals surface area contributed by atoms with E-state index < -0.39 is 12.6 Å². The summed E-state index contributed by atoms with van der Waals surface area (Å²) in [4.78, 5) is 10.5. The monoisotopic (exact) mass is 336 g/mol. The molecule has 0 unspecified atom stereocenters. The summed E-state index contributed by atoms with van der Waals surface area (Å²) >= 11 is 5.11. The maximum absolute atomic E-state index is 10.5. The Kier molecular flexibility index (Phi) is 6.76. The number of nitrogens with zero attached hydrogens (tertiary/aromatic N) is 1. The van der Waals surface area contributed by atoms with Crippen LogP contribution in [0, 0.1) is 0 Å². The second kappa shape index (κ2) is 9.06. The van der Waals surface area contributed by atoms with E-state index in [1.807, 2.05) is 0 Å². The molecule has 1 fully saturated rings. The van der Waals surface area contributed by atoms with E-state index in [4.69, 9.17) is 21.7 Å². The predicted octanol–water partition coefficient (Wildman–Crippen LogP) is -0.208. The molecule has 1 aromatic carbocycles. The lowest BCUT2D eigenvalue weighted by molar-refractivity contribution is -0.307. The maximum Gasteiger partial charge on any atom is 0.187 e. The zero-order valence-electron chi connectivity index (χ0n) is 12.5. The molecular weight excluding hydrogens is 318 g/mol. The number of thiocarbonyl (C=S) groups is 1. The molecule has 23 heavy (non-hydrogen) atoms. The van der Waals surface area contributed by atoms with E-state index in [1.165, 1.54) is 6.21 Å². The summed E-state index contributed by atoms with van der Waals surface area (Å²) in [6, 6.07) is 6.93. The number of hydrazone groups is 1. The Morgan fingerprint density at radius 1 is 1.52 bits per heavy atom. The van der Waals surface area contributed by atoms with E-state index in [2.05, 4.69) is 15.8 Å². The number of carboxylic acid groups (broad SMARTS) is 1. The summed E-state index contributed by atoms with van der Waals surface area (Å²) in [6.45, 7) is 0.930. The van der Waals surface area contributed by atoms with Gasteiger partial charge in [0.05, 0.1) is 18.3 Å². The minimum Gasteiger partial charge on any atom is -0.546 e. The second-order valence-electron chi connectivity index (χ2n) is 4.91. The minimum atomic E-state index is -1.28. The molecule has 0 saturated carbocycles. The van der Waals surface area contributed by atoms with Crippen molar-refractivity contribution in [1.29, 1.82) is 0 Å². The van der Waals surface area contributed by atoms with Gasteiger partial charge in [0.1, 0.15) is 12.4 Å². The number of rotatable bonds is 7. The van der Waals surface area contributed by atoms with Crippen LogP contribution in [0.1, 0.15) is 18.4 Å². The van der Waals surface area contributed by atoms with Gasteiger partial charge in [0.25, 0.3) is 0 Å². The number of para-hydroxylation sites is 1. The molecular formula is C15H18N3O4S-. The lowest BCUT2D eigenvalue weighted by Crippen LogP contribution is -2.37. The van der Waals surface area contributed by atoms with Crippen LogP contribution >= 0.6 is 12.2 Å². The van der Waals surface area contributed by atoms with Gasteiger partial charge in [-0.3, -0.25) is 5.43 Å². The van der Waals surface area contributed by atoms with Gasteiger partial charge in [0.2, 0.25) is 0 Å². The fourth-order valence-corrected chi connectivity index (χ4v) is 2.20. The van der Waals surface area contributed by atoms with Crippen LogP contribution in [0.15, 0.2) is 29.4 Å². The molecule has 0 amide bonds. The molecule has 0 spiro atoms. The van der Waals surface area contributed by atoms with Crippen molar-refractivity contribution < 1.29 is 19.4 Å². The van der Waals surface area contributed by atoms with Gasteiger partial charge in [-0.2, -0.15) is 5.10 Å². The van der Waals surface area contributed by atoms with Crippen LogP contribution in [0.4, 0.5) is 0 Å². The molecule has 124 valence electrons. The first-order valence-corrected chi connectivity index (χ1v) is 7.66. The Morgan fingerprint density at radius 3 is 3.09 bits per heavy atom. The molecule has 1 heterocycles. The van der Waals surface area contributed by atoms with Crippen LogP contribution in [0.25, 0.3) is 0 Å². The normalized spacial score (nSPS) is 17.1. The molecule has 8 heteroatoms. The van der Waals surface area contributed by atoms with Crippen LogP contribution < -0.4 is 20.6 Å². The van der Waals surface area contributed by atoms with Crippen molar-refractivity contribution in [3.8, 4) is 5.75 Å². The molecule has 1 aliphatic rings. The lowest BCUT2D eigenvalue weighted by atomic mass is 10.2. The molecule has 2 N–H and O–H groups in total. The number of carbonyl (C=O) groups excluding carboxylic acids is 1. The van der Waals surface area contributed by atoms with E-state index in [-0.39, 0.29) is 6.10 Å². The Morgan fingerprint density at radius 2 is 2.35 bits per heavy atom. The number of benzene rings is 1. The van der Waals surface area contributed by atoms with E-state index in [0.717, 1.165) is 19.4 Å². The molecule has 1 saturated heterocycles. The lowest BCUT2D eigenvalue weighted by Gasteiger charge is -2.12. The van der Waals surface area contributed by atoms with Crippen molar-refractivity contribution in [1.82, 2.24) is 10.7 Å². The third-order valence-corrected chi connectivity index (χ3v) is 3.38. The first-order chi connectivity index (χ1) is 11.1. The van der Waals surface area contributed by atoms with Crippen LogP contribution in [-0.4, -0.2) is 43.2 Å². The Bertz CT molecular complexity index is 574. The average molecular weight is 336 g/mol. The summed E-state index contributed by atoms with van der Waals surface area (Å²) in [5.41, 5.74) is 3.33. The third kappa shape index (κ3) is 6.21. The number of aliphatic carboxylic acids is 1. The fraction of sp³-hybridized carbons (Fsp3) is 0.400. The number of hydrogen-bond donors (Lipinski definition) is 2. The van der Waals surface area contributed by atoms with E-state index in [0.29, 0.717) is 23.0 Å². The highest BCUT2D eigenvalue weighted by Gasteiger charge is 2.14. The largest absolute Gasteiger partial charge is 0.546 e. The first kappa shape index (κ1) is 17.2. The van der Waals surface area contributed by atoms with Gasteiger partial charge < -0.3 is 24.7 Å². The number of hydrogen-bond acceptors (Lipinski definition) is 6. The van der Waals surface area contributed by atoms with Crippen molar-refractivity contribution in [3.63, 3.8) is 0 Å². The molecule has 1 aromatic rings. The van der Waals surface area contributed by atoms with Gasteiger partial charge in [-0.05, 0) is 37.2 Å². The van der Waals surface area contributed by atoms with Crippen molar-refractivity contribution in [2.75, 3.05) is 19.8 Å². The number of nitrogens with one attached hydrogen (secondary N) is 2. The number of carbonyl (C=O) groups is 1. The molecule has 0 radical (unpaired) electrons. The fourth-order valence-electron chi connectivity index (χ4n) is 2.07. The Hall–Kier alpha value is -2.19. The molecule has 1 atom stereocenters. The molecule has 0 aliphatic carbocycles. The highest BCUT2D eigenvalue weighted by Crippen LogP contribution is 2.15. The highest BCUT2D eigenvalue weighted by atomic mass is 32.1. The third-order valence-electron chi connectivity index (χ3n) is 3.15. The molecule has 0 aromatic heterocycles. The quantitative estimate of drug-likeness (QED) is 0.404. The second-order valence-corrected chi connectivity index (χ2v) is 5.32. The topological polar surface area (TPSA) is 95.0 Å². The van der Waals surface area contributed by atoms with Crippen LogP contribution in [-0.2, 0) is 9.53 Å². The zero-order valence-corrected chi connectivity index (χ0v) is 13.3. The number of ether oxygens (including phenoxy) is 2. The molecule has 7 nitrogen and oxygen atoms in total. The summed E-state index contributed by atoms with van der Waals surface area (Å²) in [5.74, 6) is -0.880. The van der Waals surface area contributed by atoms with Gasteiger partial charge in [0, 0.05) is 18.7 Å². The minimum absolute atomic E-state index is 0.192. The Labute approximate surface area is 139 Å². The van der Waals surface area contributed by atoms with Gasteiger partial charge in [-0.1, -0.05) is 12.1 Å². The van der Waals surface area contributed by atoms with Gasteiger partial charge in [0.15, 0.2) is 5.11 Å². The van der Waals surface area contributed by atoms with Crippen molar-refractivity contribution in [3.05, 3.63) is 29.8 Å².